The van der Waals surface area contributed by atoms with E-state index in [4.69, 9.17) is 10.8 Å². The van der Waals surface area contributed by atoms with Gasteiger partial charge in [-0.25, -0.2) is 14.8 Å². The minimum absolute atomic E-state index is 0.160. The lowest BCUT2D eigenvalue weighted by Crippen LogP contribution is -2.42. The van der Waals surface area contributed by atoms with Gasteiger partial charge >= 0.3 is 5.97 Å². The van der Waals surface area contributed by atoms with Gasteiger partial charge in [0.25, 0.3) is 0 Å². The molecule has 3 N–H and O–H groups in total. The first-order valence-corrected chi connectivity index (χ1v) is 6.76. The monoisotopic (exact) mass is 282 g/mol. The number of carboxylic acids is 1. The van der Waals surface area contributed by atoms with Gasteiger partial charge in [0, 0.05) is 24.3 Å². The van der Waals surface area contributed by atoms with Gasteiger partial charge in [-0.1, -0.05) is 0 Å². The van der Waals surface area contributed by atoms with Crippen LogP contribution in [0.2, 0.25) is 0 Å². The summed E-state index contributed by atoms with van der Waals surface area (Å²) in [5.74, 6) is -1.29. The fourth-order valence-corrected chi connectivity index (χ4v) is 2.26. The molecule has 0 aliphatic rings. The number of rotatable bonds is 4. The van der Waals surface area contributed by atoms with Gasteiger partial charge in [-0.3, -0.25) is 4.90 Å². The van der Waals surface area contributed by atoms with E-state index in [0.717, 1.165) is 0 Å². The first-order valence-electron chi connectivity index (χ1n) is 6.76. The van der Waals surface area contributed by atoms with Crippen LogP contribution in [0, 0.1) is 0 Å². The minimum Gasteiger partial charge on any atom is -0.475 e. The third kappa shape index (κ3) is 6.47. The van der Waals surface area contributed by atoms with Crippen LogP contribution in [0.5, 0.6) is 0 Å². The molecule has 0 amide bonds. The highest BCUT2D eigenvalue weighted by Gasteiger charge is 2.15. The van der Waals surface area contributed by atoms with Crippen LogP contribution in [0.4, 0.5) is 5.82 Å². The van der Waals surface area contributed by atoms with Crippen LogP contribution in [0.3, 0.4) is 0 Å². The molecule has 0 radical (unpaired) electrons. The highest BCUT2D eigenvalue weighted by molar-refractivity contribution is 5.83. The Kier molecular flexibility index (Phi) is 7.76. The van der Waals surface area contributed by atoms with E-state index in [1.165, 1.54) is 12.3 Å². The summed E-state index contributed by atoms with van der Waals surface area (Å²) in [6, 6.07) is 3.42. The lowest BCUT2D eigenvalue weighted by molar-refractivity contribution is 0.0683. The Morgan fingerprint density at radius 2 is 1.60 bits per heavy atom. The van der Waals surface area contributed by atoms with E-state index in [1.807, 2.05) is 0 Å². The number of aromatic nitrogens is 2. The van der Waals surface area contributed by atoms with Crippen molar-refractivity contribution < 1.29 is 9.90 Å². The lowest BCUT2D eigenvalue weighted by atomic mass is 10.2. The Morgan fingerprint density at radius 1 is 1.15 bits per heavy atom. The Labute approximate surface area is 121 Å². The predicted octanol–water partition coefficient (Wildman–Crippen LogP) is 2.27. The summed E-state index contributed by atoms with van der Waals surface area (Å²) in [6.45, 7) is 13.5. The van der Waals surface area contributed by atoms with Crippen LogP contribution in [0.25, 0.3) is 0 Å². The van der Waals surface area contributed by atoms with E-state index < -0.39 is 5.97 Å². The van der Waals surface area contributed by atoms with Crippen molar-refractivity contribution in [1.29, 1.82) is 0 Å². The smallest absolute Gasteiger partial charge is 0.374 e. The summed E-state index contributed by atoms with van der Waals surface area (Å²) in [5, 5.41) is 8.33. The lowest BCUT2D eigenvalue weighted by Gasteiger charge is -2.34. The number of carbonyl (C=O) groups is 1. The molecule has 0 fully saturated rings. The van der Waals surface area contributed by atoms with Crippen LogP contribution in [-0.4, -0.2) is 44.1 Å². The zero-order chi connectivity index (χ0) is 15.9. The van der Waals surface area contributed by atoms with Crippen molar-refractivity contribution in [3.05, 3.63) is 18.1 Å². The van der Waals surface area contributed by atoms with Crippen molar-refractivity contribution in [3.63, 3.8) is 0 Å². The predicted molar refractivity (Wildman–Crippen MR) is 80.7 cm³/mol. The van der Waals surface area contributed by atoms with E-state index in [1.54, 1.807) is 0 Å². The van der Waals surface area contributed by atoms with Gasteiger partial charge in [-0.2, -0.15) is 0 Å². The quantitative estimate of drug-likeness (QED) is 0.880. The van der Waals surface area contributed by atoms with Crippen molar-refractivity contribution in [1.82, 2.24) is 14.9 Å². The van der Waals surface area contributed by atoms with Crippen LogP contribution < -0.4 is 5.73 Å². The number of anilines is 1. The highest BCUT2D eigenvalue weighted by Crippen LogP contribution is 2.09. The second kappa shape index (κ2) is 8.47. The second-order valence-corrected chi connectivity index (χ2v) is 5.34. The third-order valence-corrected chi connectivity index (χ3v) is 2.66. The van der Waals surface area contributed by atoms with Crippen LogP contribution in [0.1, 0.15) is 52.2 Å². The summed E-state index contributed by atoms with van der Waals surface area (Å²) >= 11 is 0. The topological polar surface area (TPSA) is 92.3 Å². The van der Waals surface area contributed by atoms with Gasteiger partial charge in [0.05, 0.1) is 0 Å². The number of nitrogens with two attached hydrogens (primary N) is 1. The van der Waals surface area contributed by atoms with Crippen molar-refractivity contribution in [3.8, 4) is 0 Å². The number of carboxylic acid groups (broad SMARTS) is 1. The molecule has 1 aromatic rings. The molecule has 0 atom stereocenters. The van der Waals surface area contributed by atoms with Crippen LogP contribution in [0.15, 0.2) is 12.3 Å². The van der Waals surface area contributed by atoms with E-state index in [0.29, 0.717) is 18.1 Å². The van der Waals surface area contributed by atoms with Crippen molar-refractivity contribution in [2.24, 2.45) is 0 Å². The number of hydrogen-bond acceptors (Lipinski definition) is 5. The van der Waals surface area contributed by atoms with Crippen molar-refractivity contribution >= 4 is 11.8 Å². The molecule has 0 saturated carbocycles. The zero-order valence-corrected chi connectivity index (χ0v) is 13.2. The number of nitrogen functional groups attached to an aromatic ring is 1. The van der Waals surface area contributed by atoms with E-state index >= 15 is 0 Å². The molecule has 0 aliphatic heterocycles. The molecule has 1 rings (SSSR count). The normalized spacial score (nSPS) is 10.9. The maximum absolute atomic E-state index is 10.2. The number of aromatic carboxylic acids is 1. The van der Waals surface area contributed by atoms with E-state index in [2.05, 4.69) is 56.4 Å². The molecule has 20 heavy (non-hydrogen) atoms. The minimum atomic E-state index is -1.17. The summed E-state index contributed by atoms with van der Waals surface area (Å²) < 4.78 is 0. The molecule has 1 heterocycles. The van der Waals surface area contributed by atoms with Crippen molar-refractivity contribution in [2.45, 2.75) is 59.7 Å². The van der Waals surface area contributed by atoms with Gasteiger partial charge in [-0.05, 0) is 47.6 Å². The average molecular weight is 282 g/mol. The van der Waals surface area contributed by atoms with Crippen molar-refractivity contribution in [2.75, 3.05) is 5.73 Å². The Hall–Kier alpha value is -1.69. The fourth-order valence-electron chi connectivity index (χ4n) is 2.26. The molecule has 0 bridgehead atoms. The molecular weight excluding hydrogens is 256 g/mol. The van der Waals surface area contributed by atoms with Crippen LogP contribution in [-0.2, 0) is 0 Å². The third-order valence-electron chi connectivity index (χ3n) is 2.66. The van der Waals surface area contributed by atoms with Gasteiger partial charge < -0.3 is 10.8 Å². The largest absolute Gasteiger partial charge is 0.475 e. The molecule has 6 heteroatoms. The van der Waals surface area contributed by atoms with E-state index in [-0.39, 0.29) is 11.6 Å². The Morgan fingerprint density at radius 3 is 1.80 bits per heavy atom. The first kappa shape index (κ1) is 18.3. The Balaban J connectivity index is 0.000000361. The fraction of sp³-hybridized carbons (Fsp3) is 0.643. The molecule has 1 aromatic heterocycles. The molecule has 0 saturated heterocycles. The number of hydrogen-bond donors (Lipinski definition) is 2. The second-order valence-electron chi connectivity index (χ2n) is 5.34. The maximum atomic E-state index is 10.2. The molecule has 6 nitrogen and oxygen atoms in total. The molecule has 0 spiro atoms. The maximum Gasteiger partial charge on any atom is 0.374 e. The summed E-state index contributed by atoms with van der Waals surface area (Å²) in [7, 11) is 0. The van der Waals surface area contributed by atoms with Gasteiger partial charge in [0.2, 0.25) is 5.82 Å². The van der Waals surface area contributed by atoms with Gasteiger partial charge in [0.1, 0.15) is 5.82 Å². The molecule has 0 aromatic carbocycles. The molecule has 0 unspecified atom stereocenters. The molecular formula is C14H26N4O2. The van der Waals surface area contributed by atoms with Gasteiger partial charge in [0.15, 0.2) is 0 Å². The molecule has 114 valence electrons. The average Bonchev–Trinajstić information content (AvgIpc) is 2.27. The molecule has 0 aliphatic carbocycles. The van der Waals surface area contributed by atoms with Gasteiger partial charge in [-0.15, -0.1) is 0 Å². The summed E-state index contributed by atoms with van der Waals surface area (Å²) in [5.41, 5.74) is 5.18. The zero-order valence-electron chi connectivity index (χ0n) is 13.2. The van der Waals surface area contributed by atoms with E-state index in [9.17, 15) is 4.79 Å². The standard InChI is InChI=1S/C9H21N.C5H5N3O2/c1-7(2)10(8(3)4)9(5)6;6-3-1-2-7-4(8-3)5(9)10/h7-9H,1-6H3;1-2H,(H,9,10)(H2,6,7,8). The summed E-state index contributed by atoms with van der Waals surface area (Å²) in [6.07, 6.45) is 1.30. The summed E-state index contributed by atoms with van der Waals surface area (Å²) in [4.78, 5) is 19.6. The number of nitrogens with zero attached hydrogens (tertiary/aromatic N) is 3. The Bertz CT molecular complexity index is 400. The highest BCUT2D eigenvalue weighted by atomic mass is 16.4. The SMILES string of the molecule is CC(C)N(C(C)C)C(C)C.Nc1ccnc(C(=O)O)n1. The van der Waals surface area contributed by atoms with Crippen LogP contribution >= 0.6 is 0 Å². The first-order chi connectivity index (χ1) is 9.16.